The van der Waals surface area contributed by atoms with E-state index in [0.29, 0.717) is 28.7 Å². The molecule has 1 heterocycles. The van der Waals surface area contributed by atoms with Gasteiger partial charge < -0.3 is 28.3 Å². The SMILES string of the molecule is COc1cc(OC)cc(-c2ncn(C)c2-c2cc(OC)c(OC)cc2OC)c1. The van der Waals surface area contributed by atoms with E-state index in [2.05, 4.69) is 4.98 Å². The van der Waals surface area contributed by atoms with Gasteiger partial charge in [0, 0.05) is 30.3 Å². The Hall–Kier alpha value is -3.35. The number of ether oxygens (including phenoxy) is 5. The van der Waals surface area contributed by atoms with Crippen LogP contribution >= 0.6 is 0 Å². The maximum Gasteiger partial charge on any atom is 0.164 e. The molecular formula is C21H24N2O5. The van der Waals surface area contributed by atoms with E-state index in [9.17, 15) is 0 Å². The maximum absolute atomic E-state index is 5.62. The molecule has 0 fully saturated rings. The molecule has 0 bridgehead atoms. The van der Waals surface area contributed by atoms with Crippen LogP contribution in [0.3, 0.4) is 0 Å². The predicted molar refractivity (Wildman–Crippen MR) is 107 cm³/mol. The van der Waals surface area contributed by atoms with Crippen molar-refractivity contribution in [1.29, 1.82) is 0 Å². The normalized spacial score (nSPS) is 10.5. The standard InChI is InChI=1S/C21H24N2O5/c1-23-12-22-20(13-7-14(24-2)9-15(8-13)25-3)21(23)16-10-18(27-5)19(28-6)11-17(16)26-4/h7-12H,1-6H3. The van der Waals surface area contributed by atoms with Crippen molar-refractivity contribution >= 4 is 0 Å². The highest BCUT2D eigenvalue weighted by Gasteiger charge is 2.21. The van der Waals surface area contributed by atoms with Crippen LogP contribution in [0.1, 0.15) is 0 Å². The zero-order valence-electron chi connectivity index (χ0n) is 16.9. The van der Waals surface area contributed by atoms with Crippen LogP contribution in [0.15, 0.2) is 36.7 Å². The summed E-state index contributed by atoms with van der Waals surface area (Å²) < 4.78 is 29.2. The van der Waals surface area contributed by atoms with Crippen LogP contribution in [0.5, 0.6) is 28.7 Å². The summed E-state index contributed by atoms with van der Waals surface area (Å²) in [4.78, 5) is 4.61. The van der Waals surface area contributed by atoms with Crippen molar-refractivity contribution in [3.8, 4) is 51.3 Å². The van der Waals surface area contributed by atoms with Crippen molar-refractivity contribution in [2.24, 2.45) is 7.05 Å². The highest BCUT2D eigenvalue weighted by atomic mass is 16.5. The zero-order chi connectivity index (χ0) is 20.3. The number of imidazole rings is 1. The van der Waals surface area contributed by atoms with Gasteiger partial charge in [-0.15, -0.1) is 0 Å². The smallest absolute Gasteiger partial charge is 0.164 e. The fraction of sp³-hybridized carbons (Fsp3) is 0.286. The third-order valence-corrected chi connectivity index (χ3v) is 4.52. The molecule has 0 saturated heterocycles. The lowest BCUT2D eigenvalue weighted by Gasteiger charge is -2.16. The maximum atomic E-state index is 5.62. The lowest BCUT2D eigenvalue weighted by molar-refractivity contribution is 0.349. The first-order chi connectivity index (χ1) is 13.6. The number of rotatable bonds is 7. The van der Waals surface area contributed by atoms with Crippen LogP contribution in [0, 0.1) is 0 Å². The second kappa shape index (κ2) is 8.12. The molecule has 0 aliphatic carbocycles. The second-order valence-corrected chi connectivity index (χ2v) is 6.06. The van der Waals surface area contributed by atoms with Gasteiger partial charge in [0.05, 0.1) is 53.3 Å². The molecular weight excluding hydrogens is 360 g/mol. The van der Waals surface area contributed by atoms with Crippen molar-refractivity contribution in [3.05, 3.63) is 36.7 Å². The van der Waals surface area contributed by atoms with Crippen molar-refractivity contribution in [2.45, 2.75) is 0 Å². The molecule has 0 radical (unpaired) electrons. The van der Waals surface area contributed by atoms with Gasteiger partial charge in [-0.3, -0.25) is 0 Å². The Kier molecular flexibility index (Phi) is 5.63. The largest absolute Gasteiger partial charge is 0.497 e. The average Bonchev–Trinajstić information content (AvgIpc) is 3.13. The summed E-state index contributed by atoms with van der Waals surface area (Å²) in [6.07, 6.45) is 1.76. The molecule has 0 spiro atoms. The van der Waals surface area contributed by atoms with Gasteiger partial charge >= 0.3 is 0 Å². The molecule has 3 aromatic rings. The summed E-state index contributed by atoms with van der Waals surface area (Å²) in [6.45, 7) is 0. The molecule has 148 valence electrons. The van der Waals surface area contributed by atoms with E-state index >= 15 is 0 Å². The van der Waals surface area contributed by atoms with Crippen molar-refractivity contribution < 1.29 is 23.7 Å². The van der Waals surface area contributed by atoms with Gasteiger partial charge in [-0.2, -0.15) is 0 Å². The Morgan fingerprint density at radius 2 is 1.25 bits per heavy atom. The molecule has 7 nitrogen and oxygen atoms in total. The molecule has 0 amide bonds. The second-order valence-electron chi connectivity index (χ2n) is 6.06. The molecule has 0 atom stereocenters. The number of benzene rings is 2. The van der Waals surface area contributed by atoms with Gasteiger partial charge in [0.25, 0.3) is 0 Å². The number of hydrogen-bond acceptors (Lipinski definition) is 6. The predicted octanol–water partition coefficient (Wildman–Crippen LogP) is 3.80. The third-order valence-electron chi connectivity index (χ3n) is 4.52. The Bertz CT molecular complexity index is 959. The number of nitrogens with zero attached hydrogens (tertiary/aromatic N) is 2. The lowest BCUT2D eigenvalue weighted by atomic mass is 10.0. The molecule has 28 heavy (non-hydrogen) atoms. The minimum atomic E-state index is 0.592. The van der Waals surface area contributed by atoms with Gasteiger partial charge in [-0.25, -0.2) is 4.98 Å². The van der Waals surface area contributed by atoms with E-state index in [1.165, 1.54) is 0 Å². The van der Waals surface area contributed by atoms with Crippen molar-refractivity contribution in [3.63, 3.8) is 0 Å². The van der Waals surface area contributed by atoms with Crippen LogP contribution < -0.4 is 23.7 Å². The molecule has 0 N–H and O–H groups in total. The lowest BCUT2D eigenvalue weighted by Crippen LogP contribution is -1.98. The molecule has 2 aromatic carbocycles. The van der Waals surface area contributed by atoms with E-state index in [1.807, 2.05) is 35.9 Å². The van der Waals surface area contributed by atoms with Crippen LogP contribution in [0.25, 0.3) is 22.5 Å². The van der Waals surface area contributed by atoms with Gasteiger partial charge in [-0.05, 0) is 18.2 Å². The van der Waals surface area contributed by atoms with E-state index in [0.717, 1.165) is 22.5 Å². The first kappa shape index (κ1) is 19.4. The number of aromatic nitrogens is 2. The first-order valence-electron chi connectivity index (χ1n) is 8.61. The van der Waals surface area contributed by atoms with Crippen molar-refractivity contribution in [2.75, 3.05) is 35.5 Å². The summed E-state index contributed by atoms with van der Waals surface area (Å²) in [5.74, 6) is 3.22. The number of hydrogen-bond donors (Lipinski definition) is 0. The fourth-order valence-corrected chi connectivity index (χ4v) is 3.12. The summed E-state index contributed by atoms with van der Waals surface area (Å²) in [7, 11) is 9.99. The Balaban J connectivity index is 2.25. The molecule has 1 aromatic heterocycles. The van der Waals surface area contributed by atoms with Gasteiger partial charge in [0.1, 0.15) is 17.2 Å². The van der Waals surface area contributed by atoms with Crippen LogP contribution in [-0.4, -0.2) is 45.1 Å². The Morgan fingerprint density at radius 3 is 1.79 bits per heavy atom. The summed E-state index contributed by atoms with van der Waals surface area (Å²) >= 11 is 0. The molecule has 0 aliphatic rings. The highest BCUT2D eigenvalue weighted by Crippen LogP contribution is 2.43. The number of aryl methyl sites for hydroxylation is 1. The van der Waals surface area contributed by atoms with E-state index in [1.54, 1.807) is 47.9 Å². The Morgan fingerprint density at radius 1 is 0.679 bits per heavy atom. The van der Waals surface area contributed by atoms with Crippen LogP contribution in [-0.2, 0) is 7.05 Å². The molecule has 0 unspecified atom stereocenters. The van der Waals surface area contributed by atoms with E-state index in [4.69, 9.17) is 23.7 Å². The van der Waals surface area contributed by atoms with Crippen LogP contribution in [0.4, 0.5) is 0 Å². The zero-order valence-corrected chi connectivity index (χ0v) is 16.9. The summed E-state index contributed by atoms with van der Waals surface area (Å²) in [5.41, 5.74) is 3.33. The minimum Gasteiger partial charge on any atom is -0.497 e. The summed E-state index contributed by atoms with van der Waals surface area (Å²) in [6, 6.07) is 9.35. The van der Waals surface area contributed by atoms with Gasteiger partial charge in [-0.1, -0.05) is 0 Å². The fourth-order valence-electron chi connectivity index (χ4n) is 3.12. The third kappa shape index (κ3) is 3.43. The molecule has 3 rings (SSSR count). The minimum absolute atomic E-state index is 0.592. The molecule has 0 saturated carbocycles. The van der Waals surface area contributed by atoms with Crippen LogP contribution in [0.2, 0.25) is 0 Å². The van der Waals surface area contributed by atoms with Gasteiger partial charge in [0.2, 0.25) is 0 Å². The highest BCUT2D eigenvalue weighted by molar-refractivity contribution is 5.84. The number of methoxy groups -OCH3 is 5. The first-order valence-corrected chi connectivity index (χ1v) is 8.61. The van der Waals surface area contributed by atoms with Crippen molar-refractivity contribution in [1.82, 2.24) is 9.55 Å². The topological polar surface area (TPSA) is 64.0 Å². The average molecular weight is 384 g/mol. The molecule has 0 aliphatic heterocycles. The molecule has 7 heteroatoms. The monoisotopic (exact) mass is 384 g/mol. The Labute approximate surface area is 164 Å². The van der Waals surface area contributed by atoms with E-state index < -0.39 is 0 Å². The van der Waals surface area contributed by atoms with Gasteiger partial charge in [0.15, 0.2) is 11.5 Å². The van der Waals surface area contributed by atoms with E-state index in [-0.39, 0.29) is 0 Å². The quantitative estimate of drug-likeness (QED) is 0.617. The summed E-state index contributed by atoms with van der Waals surface area (Å²) in [5, 5.41) is 0.